The monoisotopic (exact) mass is 365 g/mol. The van der Waals surface area contributed by atoms with E-state index in [-0.39, 0.29) is 0 Å². The zero-order valence-electron chi connectivity index (χ0n) is 14.8. The molecular formula is C21H23N3OS. The summed E-state index contributed by atoms with van der Waals surface area (Å²) in [5, 5.41) is 1.21. The third-order valence-electron chi connectivity index (χ3n) is 5.49. The first kappa shape index (κ1) is 16.1. The van der Waals surface area contributed by atoms with E-state index in [0.717, 1.165) is 54.3 Å². The maximum Gasteiger partial charge on any atom is 0.127 e. The van der Waals surface area contributed by atoms with Crippen LogP contribution in [0.1, 0.15) is 19.3 Å². The molecule has 2 aliphatic heterocycles. The molecule has 0 radical (unpaired) electrons. The van der Waals surface area contributed by atoms with E-state index < -0.39 is 11.0 Å². The maximum atomic E-state index is 12.8. The van der Waals surface area contributed by atoms with Crippen LogP contribution in [-0.2, 0) is 11.0 Å². The molecule has 2 fully saturated rings. The number of anilines is 1. The molecule has 1 unspecified atom stereocenters. The van der Waals surface area contributed by atoms with Gasteiger partial charge < -0.3 is 9.88 Å². The minimum Gasteiger partial charge on any atom is -0.371 e. The molecule has 1 atom stereocenters. The molecule has 0 amide bonds. The van der Waals surface area contributed by atoms with Crippen LogP contribution in [0.3, 0.4) is 0 Å². The van der Waals surface area contributed by atoms with Crippen molar-refractivity contribution in [1.29, 1.82) is 0 Å². The van der Waals surface area contributed by atoms with Crippen LogP contribution in [0.2, 0.25) is 0 Å². The number of aromatic amines is 1. The molecule has 2 aromatic carbocycles. The van der Waals surface area contributed by atoms with Crippen LogP contribution in [0.15, 0.2) is 53.4 Å². The SMILES string of the molecule is O=S(c1ccc(N2CCCC2)c(-c2cc3ccccc3[nH]2)c1)N1CCC1. The van der Waals surface area contributed by atoms with E-state index in [2.05, 4.69) is 52.3 Å². The van der Waals surface area contributed by atoms with Crippen molar-refractivity contribution in [3.8, 4) is 11.3 Å². The minimum absolute atomic E-state index is 0.904. The second kappa shape index (κ2) is 6.56. The normalized spacial score (nSPS) is 19.0. The van der Waals surface area contributed by atoms with Gasteiger partial charge in [-0.15, -0.1) is 0 Å². The third-order valence-corrected chi connectivity index (χ3v) is 6.98. The van der Waals surface area contributed by atoms with Crippen LogP contribution >= 0.6 is 0 Å². The van der Waals surface area contributed by atoms with E-state index in [0.29, 0.717) is 0 Å². The third kappa shape index (κ3) is 2.75. The van der Waals surface area contributed by atoms with Crippen molar-refractivity contribution in [2.24, 2.45) is 0 Å². The highest BCUT2D eigenvalue weighted by atomic mass is 32.2. The lowest BCUT2D eigenvalue weighted by Crippen LogP contribution is -2.38. The molecule has 26 heavy (non-hydrogen) atoms. The van der Waals surface area contributed by atoms with Crippen LogP contribution < -0.4 is 4.90 Å². The molecule has 2 aliphatic rings. The summed E-state index contributed by atoms with van der Waals surface area (Å²) in [6.07, 6.45) is 3.63. The number of aromatic nitrogens is 1. The lowest BCUT2D eigenvalue weighted by molar-refractivity contribution is 0.328. The summed E-state index contributed by atoms with van der Waals surface area (Å²) in [6.45, 7) is 4.06. The fraction of sp³-hybridized carbons (Fsp3) is 0.333. The summed E-state index contributed by atoms with van der Waals surface area (Å²) in [4.78, 5) is 6.92. The van der Waals surface area contributed by atoms with Gasteiger partial charge in [-0.2, -0.15) is 0 Å². The zero-order chi connectivity index (χ0) is 17.5. The molecular weight excluding hydrogens is 342 g/mol. The van der Waals surface area contributed by atoms with Gasteiger partial charge in [-0.25, -0.2) is 8.51 Å². The summed E-state index contributed by atoms with van der Waals surface area (Å²) in [5.74, 6) is 0. The smallest absolute Gasteiger partial charge is 0.127 e. The Bertz CT molecular complexity index is 937. The summed E-state index contributed by atoms with van der Waals surface area (Å²) in [5.41, 5.74) is 4.66. The Balaban J connectivity index is 1.62. The topological polar surface area (TPSA) is 39.3 Å². The van der Waals surface area contributed by atoms with Gasteiger partial charge in [0.1, 0.15) is 11.0 Å². The van der Waals surface area contributed by atoms with Gasteiger partial charge in [0, 0.05) is 54.0 Å². The molecule has 5 rings (SSSR count). The van der Waals surface area contributed by atoms with Crippen LogP contribution in [0.25, 0.3) is 22.2 Å². The summed E-state index contributed by atoms with van der Waals surface area (Å²) in [7, 11) is -1.05. The van der Waals surface area contributed by atoms with Crippen LogP contribution in [0.5, 0.6) is 0 Å². The number of para-hydroxylation sites is 1. The van der Waals surface area contributed by atoms with E-state index in [1.165, 1.54) is 23.9 Å². The molecule has 0 aliphatic carbocycles. The Morgan fingerprint density at radius 2 is 1.69 bits per heavy atom. The zero-order valence-corrected chi connectivity index (χ0v) is 15.6. The summed E-state index contributed by atoms with van der Waals surface area (Å²) >= 11 is 0. The first-order valence-corrected chi connectivity index (χ1v) is 10.5. The average molecular weight is 366 g/mol. The largest absolute Gasteiger partial charge is 0.371 e. The number of fused-ring (bicyclic) bond motifs is 1. The van der Waals surface area contributed by atoms with Gasteiger partial charge >= 0.3 is 0 Å². The van der Waals surface area contributed by atoms with E-state index >= 15 is 0 Å². The molecule has 3 heterocycles. The summed E-state index contributed by atoms with van der Waals surface area (Å²) < 4.78 is 14.9. The Morgan fingerprint density at radius 3 is 2.42 bits per heavy atom. The molecule has 134 valence electrons. The van der Waals surface area contributed by atoms with Gasteiger partial charge in [-0.3, -0.25) is 0 Å². The Hall–Kier alpha value is -2.11. The molecule has 2 saturated heterocycles. The van der Waals surface area contributed by atoms with Gasteiger partial charge in [-0.1, -0.05) is 18.2 Å². The number of H-pyrrole nitrogens is 1. The molecule has 0 saturated carbocycles. The molecule has 1 N–H and O–H groups in total. The van der Waals surface area contributed by atoms with Crippen molar-refractivity contribution < 1.29 is 4.21 Å². The van der Waals surface area contributed by atoms with Crippen molar-refractivity contribution in [3.63, 3.8) is 0 Å². The minimum atomic E-state index is -1.05. The number of hydrogen-bond acceptors (Lipinski definition) is 2. The number of hydrogen-bond donors (Lipinski definition) is 1. The van der Waals surface area contributed by atoms with Gasteiger partial charge in [0.05, 0.1) is 4.90 Å². The first-order valence-electron chi connectivity index (χ1n) is 9.43. The van der Waals surface area contributed by atoms with E-state index in [1.54, 1.807) is 0 Å². The predicted molar refractivity (Wildman–Crippen MR) is 108 cm³/mol. The van der Waals surface area contributed by atoms with Gasteiger partial charge in [0.25, 0.3) is 0 Å². The van der Waals surface area contributed by atoms with Gasteiger partial charge in [-0.05, 0) is 49.6 Å². The maximum absolute atomic E-state index is 12.8. The van der Waals surface area contributed by atoms with Crippen LogP contribution in [0, 0.1) is 0 Å². The number of benzene rings is 2. The fourth-order valence-corrected chi connectivity index (χ4v) is 5.18. The van der Waals surface area contributed by atoms with E-state index in [1.807, 2.05) is 10.4 Å². The summed E-state index contributed by atoms with van der Waals surface area (Å²) in [6, 6.07) is 16.9. The molecule has 1 aromatic heterocycles. The lowest BCUT2D eigenvalue weighted by Gasteiger charge is -2.29. The van der Waals surface area contributed by atoms with E-state index in [9.17, 15) is 4.21 Å². The standard InChI is InChI=1S/C21H23N3OS/c25-26(24-12-5-13-24)17-8-9-21(23-10-3-4-11-23)18(15-17)20-14-16-6-1-2-7-19(16)22-20/h1-2,6-9,14-15,22H,3-5,10-13H2. The van der Waals surface area contributed by atoms with Crippen molar-refractivity contribution in [2.75, 3.05) is 31.1 Å². The first-order chi connectivity index (χ1) is 12.8. The molecule has 5 heteroatoms. The quantitative estimate of drug-likeness (QED) is 0.754. The molecule has 3 aromatic rings. The van der Waals surface area contributed by atoms with Gasteiger partial charge in [0.2, 0.25) is 0 Å². The Kier molecular flexibility index (Phi) is 4.06. The van der Waals surface area contributed by atoms with Crippen LogP contribution in [0.4, 0.5) is 5.69 Å². The highest BCUT2D eigenvalue weighted by Crippen LogP contribution is 2.36. The lowest BCUT2D eigenvalue weighted by atomic mass is 10.1. The van der Waals surface area contributed by atoms with Crippen molar-refractivity contribution in [1.82, 2.24) is 9.29 Å². The van der Waals surface area contributed by atoms with Gasteiger partial charge in [0.15, 0.2) is 0 Å². The molecule has 4 nitrogen and oxygen atoms in total. The Morgan fingerprint density at radius 1 is 0.885 bits per heavy atom. The van der Waals surface area contributed by atoms with Crippen LogP contribution in [-0.4, -0.2) is 39.7 Å². The van der Waals surface area contributed by atoms with E-state index in [4.69, 9.17) is 0 Å². The second-order valence-corrected chi connectivity index (χ2v) is 8.66. The van der Waals surface area contributed by atoms with Crippen molar-refractivity contribution in [3.05, 3.63) is 48.5 Å². The predicted octanol–water partition coefficient (Wildman–Crippen LogP) is 4.16. The average Bonchev–Trinajstić information content (AvgIpc) is 3.29. The highest BCUT2D eigenvalue weighted by molar-refractivity contribution is 7.82. The number of nitrogens with zero attached hydrogens (tertiary/aromatic N) is 2. The molecule has 0 spiro atoms. The number of nitrogens with one attached hydrogen (secondary N) is 1. The fourth-order valence-electron chi connectivity index (χ4n) is 3.89. The molecule has 0 bridgehead atoms. The number of rotatable bonds is 4. The van der Waals surface area contributed by atoms with Crippen molar-refractivity contribution >= 4 is 27.6 Å². The Labute approximate surface area is 156 Å². The van der Waals surface area contributed by atoms with Crippen molar-refractivity contribution in [2.45, 2.75) is 24.2 Å². The second-order valence-electron chi connectivity index (χ2n) is 7.18. The highest BCUT2D eigenvalue weighted by Gasteiger charge is 2.24.